The largest absolute Gasteiger partial charge is 0.491 e. The summed E-state index contributed by atoms with van der Waals surface area (Å²) in [6, 6.07) is 19.6. The molecule has 0 bridgehead atoms. The highest BCUT2D eigenvalue weighted by Crippen LogP contribution is 2.43. The van der Waals surface area contributed by atoms with Crippen molar-refractivity contribution in [2.75, 3.05) is 7.11 Å². The zero-order chi connectivity index (χ0) is 17.2. The second-order valence-corrected chi connectivity index (χ2v) is 7.99. The normalized spacial score (nSPS) is 11.3. The van der Waals surface area contributed by atoms with Gasteiger partial charge in [-0.3, -0.25) is 0 Å². The van der Waals surface area contributed by atoms with Crippen molar-refractivity contribution >= 4 is 23.1 Å². The van der Waals surface area contributed by atoms with Crippen LogP contribution in [0.15, 0.2) is 72.8 Å². The molecule has 0 aromatic heterocycles. The lowest BCUT2D eigenvalue weighted by atomic mass is 10.3. The van der Waals surface area contributed by atoms with E-state index in [4.69, 9.17) is 4.74 Å². The fourth-order valence-corrected chi connectivity index (χ4v) is 5.32. The monoisotopic (exact) mass is 344 g/mol. The molecule has 0 saturated heterocycles. The molecule has 3 aromatic carbocycles. The predicted octanol–water partition coefficient (Wildman–Crippen LogP) is 3.61. The van der Waals surface area contributed by atoms with Gasteiger partial charge >= 0.3 is 0 Å². The number of methoxy groups -OCH3 is 1. The number of ether oxygens (including phenoxy) is 1. The van der Waals surface area contributed by atoms with Crippen LogP contribution >= 0.6 is 7.14 Å². The number of halogens is 2. The molecule has 3 aromatic rings. The summed E-state index contributed by atoms with van der Waals surface area (Å²) < 4.78 is 47.0. The Labute approximate surface area is 139 Å². The molecule has 0 saturated carbocycles. The van der Waals surface area contributed by atoms with Gasteiger partial charge in [0.25, 0.3) is 0 Å². The molecule has 0 aliphatic rings. The second kappa shape index (κ2) is 6.58. The van der Waals surface area contributed by atoms with E-state index in [2.05, 4.69) is 0 Å². The van der Waals surface area contributed by atoms with Gasteiger partial charge in [0.1, 0.15) is 0 Å². The van der Waals surface area contributed by atoms with Gasteiger partial charge in [0.2, 0.25) is 0 Å². The first-order valence-electron chi connectivity index (χ1n) is 7.32. The summed E-state index contributed by atoms with van der Waals surface area (Å²) >= 11 is 0. The smallest absolute Gasteiger partial charge is 0.190 e. The summed E-state index contributed by atoms with van der Waals surface area (Å²) in [5.41, 5.74) is 0. The Balaban J connectivity index is 2.30. The van der Waals surface area contributed by atoms with E-state index in [0.717, 1.165) is 12.1 Å². The lowest BCUT2D eigenvalue weighted by Crippen LogP contribution is -2.25. The standard InChI is InChI=1S/C19H15F2O2P/c1-23-19-17(20)12-16(13-18(19)21)24(22,14-8-4-2-5-9-14)15-10-6-3-7-11-15/h2-13H,1H3. The average molecular weight is 344 g/mol. The van der Waals surface area contributed by atoms with Crippen molar-refractivity contribution in [3.63, 3.8) is 0 Å². The molecule has 0 spiro atoms. The van der Waals surface area contributed by atoms with Crippen LogP contribution in [-0.4, -0.2) is 7.11 Å². The third-order valence-electron chi connectivity index (χ3n) is 3.79. The highest BCUT2D eigenvalue weighted by atomic mass is 31.2. The van der Waals surface area contributed by atoms with E-state index in [1.807, 2.05) is 0 Å². The van der Waals surface area contributed by atoms with E-state index in [9.17, 15) is 13.3 Å². The van der Waals surface area contributed by atoms with E-state index >= 15 is 0 Å². The lowest BCUT2D eigenvalue weighted by molar-refractivity contribution is 0.360. The quantitative estimate of drug-likeness (QED) is 0.676. The van der Waals surface area contributed by atoms with Gasteiger partial charge in [0.15, 0.2) is 24.5 Å². The van der Waals surface area contributed by atoms with Crippen molar-refractivity contribution < 1.29 is 18.1 Å². The van der Waals surface area contributed by atoms with Gasteiger partial charge < -0.3 is 9.30 Å². The molecule has 0 radical (unpaired) electrons. The molecule has 3 rings (SSSR count). The van der Waals surface area contributed by atoms with Gasteiger partial charge in [0, 0.05) is 15.9 Å². The molecule has 0 aliphatic carbocycles. The van der Waals surface area contributed by atoms with Crippen molar-refractivity contribution in [2.45, 2.75) is 0 Å². The number of hydrogen-bond acceptors (Lipinski definition) is 2. The highest BCUT2D eigenvalue weighted by Gasteiger charge is 2.31. The van der Waals surface area contributed by atoms with Gasteiger partial charge in [-0.15, -0.1) is 0 Å². The third-order valence-corrected chi connectivity index (χ3v) is 6.83. The zero-order valence-corrected chi connectivity index (χ0v) is 13.8. The van der Waals surface area contributed by atoms with Gasteiger partial charge in [-0.25, -0.2) is 8.78 Å². The molecular weight excluding hydrogens is 329 g/mol. The maximum atomic E-state index is 14.2. The van der Waals surface area contributed by atoms with Crippen LogP contribution in [0.2, 0.25) is 0 Å². The maximum absolute atomic E-state index is 14.2. The Morgan fingerprint density at radius 2 is 1.17 bits per heavy atom. The van der Waals surface area contributed by atoms with Gasteiger partial charge in [-0.1, -0.05) is 60.7 Å². The Morgan fingerprint density at radius 3 is 1.54 bits per heavy atom. The van der Waals surface area contributed by atoms with Crippen LogP contribution in [0.4, 0.5) is 8.78 Å². The van der Waals surface area contributed by atoms with Crippen LogP contribution in [0.3, 0.4) is 0 Å². The molecule has 0 atom stereocenters. The first-order valence-corrected chi connectivity index (χ1v) is 9.03. The molecule has 122 valence electrons. The minimum atomic E-state index is -3.40. The summed E-state index contributed by atoms with van der Waals surface area (Å²) in [4.78, 5) is 0. The molecule has 2 nitrogen and oxygen atoms in total. The van der Waals surface area contributed by atoms with Gasteiger partial charge in [-0.2, -0.15) is 0 Å². The average Bonchev–Trinajstić information content (AvgIpc) is 2.62. The summed E-state index contributed by atoms with van der Waals surface area (Å²) in [6.45, 7) is 0. The van der Waals surface area contributed by atoms with E-state index in [1.165, 1.54) is 7.11 Å². The molecule has 0 N–H and O–H groups in total. The van der Waals surface area contributed by atoms with Crippen molar-refractivity contribution in [1.82, 2.24) is 0 Å². The molecule has 0 fully saturated rings. The van der Waals surface area contributed by atoms with E-state index in [0.29, 0.717) is 10.6 Å². The molecule has 0 amide bonds. The first-order chi connectivity index (χ1) is 11.6. The fraction of sp³-hybridized carbons (Fsp3) is 0.0526. The van der Waals surface area contributed by atoms with Crippen molar-refractivity contribution in [2.24, 2.45) is 0 Å². The van der Waals surface area contributed by atoms with Crippen LogP contribution in [0.25, 0.3) is 0 Å². The van der Waals surface area contributed by atoms with Crippen LogP contribution in [0.1, 0.15) is 0 Å². The number of benzene rings is 3. The van der Waals surface area contributed by atoms with Gasteiger partial charge in [0.05, 0.1) is 7.11 Å². The Bertz CT molecular complexity index is 829. The SMILES string of the molecule is COc1c(F)cc(P(=O)(c2ccccc2)c2ccccc2)cc1F. The summed E-state index contributed by atoms with van der Waals surface area (Å²) in [6.07, 6.45) is 0. The van der Waals surface area contributed by atoms with E-state index < -0.39 is 24.5 Å². The van der Waals surface area contributed by atoms with Crippen LogP contribution in [0, 0.1) is 11.6 Å². The molecule has 0 heterocycles. The van der Waals surface area contributed by atoms with Crippen molar-refractivity contribution in [3.05, 3.63) is 84.4 Å². The molecule has 5 heteroatoms. The molecule has 0 unspecified atom stereocenters. The van der Waals surface area contributed by atoms with E-state index in [1.54, 1.807) is 60.7 Å². The van der Waals surface area contributed by atoms with Crippen LogP contribution < -0.4 is 20.7 Å². The zero-order valence-electron chi connectivity index (χ0n) is 12.9. The third kappa shape index (κ3) is 2.74. The lowest BCUT2D eigenvalue weighted by Gasteiger charge is -2.20. The highest BCUT2D eigenvalue weighted by molar-refractivity contribution is 7.85. The van der Waals surface area contributed by atoms with E-state index in [-0.39, 0.29) is 5.30 Å². The van der Waals surface area contributed by atoms with Crippen LogP contribution in [0.5, 0.6) is 5.75 Å². The minimum absolute atomic E-state index is 0.0932. The summed E-state index contributed by atoms with van der Waals surface area (Å²) in [7, 11) is -2.21. The molecule has 24 heavy (non-hydrogen) atoms. The predicted molar refractivity (Wildman–Crippen MR) is 92.3 cm³/mol. The first kappa shape index (κ1) is 16.4. The molecule has 0 aliphatic heterocycles. The number of hydrogen-bond donors (Lipinski definition) is 0. The number of rotatable bonds is 4. The second-order valence-electron chi connectivity index (χ2n) is 5.22. The van der Waals surface area contributed by atoms with Crippen LogP contribution in [-0.2, 0) is 4.57 Å². The fourth-order valence-electron chi connectivity index (χ4n) is 2.65. The maximum Gasteiger partial charge on any atom is 0.190 e. The van der Waals surface area contributed by atoms with Gasteiger partial charge in [-0.05, 0) is 12.1 Å². The Kier molecular flexibility index (Phi) is 4.50. The topological polar surface area (TPSA) is 26.3 Å². The Morgan fingerprint density at radius 1 is 0.750 bits per heavy atom. The van der Waals surface area contributed by atoms with Crippen molar-refractivity contribution in [1.29, 1.82) is 0 Å². The van der Waals surface area contributed by atoms with Crippen molar-refractivity contribution in [3.8, 4) is 5.75 Å². The minimum Gasteiger partial charge on any atom is -0.491 e. The molecular formula is C19H15F2O2P. The summed E-state index contributed by atoms with van der Waals surface area (Å²) in [5, 5.41) is 1.12. The Hall–Kier alpha value is -2.45. The summed E-state index contributed by atoms with van der Waals surface area (Å²) in [5.74, 6) is -2.23.